The minimum absolute atomic E-state index is 0.143. The van der Waals surface area contributed by atoms with Gasteiger partial charge in [-0.2, -0.15) is 5.10 Å². The van der Waals surface area contributed by atoms with Crippen molar-refractivity contribution in [3.05, 3.63) is 76.6 Å². The number of rotatable bonds is 5. The fraction of sp³-hybridized carbons (Fsp3) is 0.300. The highest BCUT2D eigenvalue weighted by Gasteiger charge is 2.30. The molecule has 0 radical (unpaired) electrons. The van der Waals surface area contributed by atoms with Gasteiger partial charge in [-0.25, -0.2) is 9.98 Å². The lowest BCUT2D eigenvalue weighted by molar-refractivity contribution is 0.0980. The number of amides is 2. The number of hydrogen-bond donors (Lipinski definition) is 1. The van der Waals surface area contributed by atoms with Gasteiger partial charge in [0, 0.05) is 52.9 Å². The molecule has 3 aromatic heterocycles. The van der Waals surface area contributed by atoms with Crippen molar-refractivity contribution in [2.75, 3.05) is 24.7 Å². The number of aromatic amines is 1. The summed E-state index contributed by atoms with van der Waals surface area (Å²) < 4.78 is 5.38. The van der Waals surface area contributed by atoms with Crippen LogP contribution in [0.4, 0.5) is 5.69 Å². The third-order valence-electron chi connectivity index (χ3n) is 7.58. The molecule has 196 valence electrons. The van der Waals surface area contributed by atoms with E-state index in [1.165, 1.54) is 11.3 Å². The number of hydrogen-bond acceptors (Lipinski definition) is 6. The summed E-state index contributed by atoms with van der Waals surface area (Å²) in [5.74, 6) is 0.333. The molecule has 2 fully saturated rings. The van der Waals surface area contributed by atoms with Crippen LogP contribution < -0.4 is 4.90 Å². The van der Waals surface area contributed by atoms with Crippen molar-refractivity contribution in [2.45, 2.75) is 31.6 Å². The monoisotopic (exact) mass is 537 g/mol. The van der Waals surface area contributed by atoms with Gasteiger partial charge in [0.15, 0.2) is 0 Å². The molecule has 9 heteroatoms. The maximum atomic E-state index is 13.9. The Bertz CT molecular complexity index is 1600. The number of para-hydroxylation sites is 1. The SMILES string of the molecule is O=C(N=CC1CCOC1)c1cc2c(s1)-c1ccccc1N(C(=O)c1cccc(-c3cn[nH]c3C3CC3)n1)CC2. The minimum Gasteiger partial charge on any atom is -0.381 e. The molecule has 39 heavy (non-hydrogen) atoms. The molecule has 1 unspecified atom stereocenters. The van der Waals surface area contributed by atoms with E-state index in [1.807, 2.05) is 47.4 Å². The lowest BCUT2D eigenvalue weighted by Gasteiger charge is -2.22. The van der Waals surface area contributed by atoms with Crippen molar-refractivity contribution in [3.8, 4) is 21.7 Å². The molecule has 1 N–H and O–H groups in total. The molecular formula is C30H27N5O3S. The second kappa shape index (κ2) is 9.98. The highest BCUT2D eigenvalue weighted by molar-refractivity contribution is 7.17. The number of aliphatic imine (C=N–C) groups is 1. The average molecular weight is 538 g/mol. The van der Waals surface area contributed by atoms with Crippen molar-refractivity contribution in [1.82, 2.24) is 15.2 Å². The Kier molecular flexibility index (Phi) is 6.17. The molecule has 4 aromatic rings. The maximum absolute atomic E-state index is 13.9. The number of pyridine rings is 1. The smallest absolute Gasteiger partial charge is 0.286 e. The molecule has 7 rings (SSSR count). The van der Waals surface area contributed by atoms with Crippen molar-refractivity contribution >= 4 is 35.1 Å². The Balaban J connectivity index is 1.18. The van der Waals surface area contributed by atoms with Crippen LogP contribution in [0, 0.1) is 5.92 Å². The summed E-state index contributed by atoms with van der Waals surface area (Å²) >= 11 is 1.44. The van der Waals surface area contributed by atoms with E-state index in [-0.39, 0.29) is 17.7 Å². The van der Waals surface area contributed by atoms with Crippen LogP contribution in [0.15, 0.2) is 59.7 Å². The fourth-order valence-electron chi connectivity index (χ4n) is 5.35. The number of aromatic nitrogens is 3. The molecule has 1 atom stereocenters. The molecule has 3 aliphatic rings. The fourth-order valence-corrected chi connectivity index (χ4v) is 6.48. The van der Waals surface area contributed by atoms with Gasteiger partial charge in [-0.1, -0.05) is 24.3 Å². The van der Waals surface area contributed by atoms with Gasteiger partial charge in [0.25, 0.3) is 11.8 Å². The first-order chi connectivity index (χ1) is 19.2. The van der Waals surface area contributed by atoms with E-state index in [0.29, 0.717) is 36.1 Å². The lowest BCUT2D eigenvalue weighted by atomic mass is 10.1. The zero-order chi connectivity index (χ0) is 26.3. The van der Waals surface area contributed by atoms with E-state index in [9.17, 15) is 9.59 Å². The Labute approximate surface area is 229 Å². The largest absolute Gasteiger partial charge is 0.381 e. The van der Waals surface area contributed by atoms with Crippen molar-refractivity contribution in [3.63, 3.8) is 0 Å². The first-order valence-electron chi connectivity index (χ1n) is 13.4. The van der Waals surface area contributed by atoms with Crippen LogP contribution in [0.1, 0.15) is 56.6 Å². The van der Waals surface area contributed by atoms with E-state index in [1.54, 1.807) is 18.5 Å². The number of H-pyrrole nitrogens is 1. The summed E-state index contributed by atoms with van der Waals surface area (Å²) in [6, 6.07) is 15.4. The molecule has 2 aliphatic heterocycles. The topological polar surface area (TPSA) is 101 Å². The van der Waals surface area contributed by atoms with Gasteiger partial charge in [-0.15, -0.1) is 11.3 Å². The standard InChI is InChI=1S/C30H27N5O3S/c36-29(31-15-18-11-13-38-17-18)26-14-20-10-12-35(25-7-2-1-4-21(25)28(20)39-26)30(37)24-6-3-5-23(33-24)22-16-32-34-27(22)19-8-9-19/h1-7,14-16,18-19H,8-13,17H2,(H,32,34). The zero-order valence-electron chi connectivity index (χ0n) is 21.3. The van der Waals surface area contributed by atoms with Gasteiger partial charge in [0.05, 0.1) is 29.1 Å². The van der Waals surface area contributed by atoms with E-state index < -0.39 is 0 Å². The van der Waals surface area contributed by atoms with Crippen LogP contribution in [-0.2, 0) is 11.2 Å². The quantitative estimate of drug-likeness (QED) is 0.338. The number of fused-ring (bicyclic) bond motifs is 3. The third-order valence-corrected chi connectivity index (χ3v) is 8.77. The number of anilines is 1. The van der Waals surface area contributed by atoms with Gasteiger partial charge < -0.3 is 9.64 Å². The highest BCUT2D eigenvalue weighted by atomic mass is 32.1. The third kappa shape index (κ3) is 4.62. The van der Waals surface area contributed by atoms with Crippen LogP contribution in [0.5, 0.6) is 0 Å². The number of carbonyl (C=O) groups is 2. The summed E-state index contributed by atoms with van der Waals surface area (Å²) in [6.45, 7) is 1.83. The maximum Gasteiger partial charge on any atom is 0.286 e. The number of nitrogens with one attached hydrogen (secondary N) is 1. The summed E-state index contributed by atoms with van der Waals surface area (Å²) in [4.78, 5) is 39.2. The summed E-state index contributed by atoms with van der Waals surface area (Å²) in [7, 11) is 0. The molecule has 1 saturated carbocycles. The number of nitrogens with zero attached hydrogens (tertiary/aromatic N) is 4. The molecule has 1 aliphatic carbocycles. The van der Waals surface area contributed by atoms with Crippen LogP contribution in [0.3, 0.4) is 0 Å². The Morgan fingerprint density at radius 3 is 2.85 bits per heavy atom. The van der Waals surface area contributed by atoms with E-state index in [4.69, 9.17) is 9.72 Å². The number of benzene rings is 1. The van der Waals surface area contributed by atoms with Crippen LogP contribution >= 0.6 is 11.3 Å². The molecule has 5 heterocycles. The predicted molar refractivity (Wildman–Crippen MR) is 151 cm³/mol. The summed E-state index contributed by atoms with van der Waals surface area (Å²) in [5.41, 5.74) is 6.04. The Morgan fingerprint density at radius 2 is 2.00 bits per heavy atom. The number of thiophene rings is 1. The average Bonchev–Trinajstić information content (AvgIpc) is 3.34. The van der Waals surface area contributed by atoms with Crippen molar-refractivity contribution < 1.29 is 14.3 Å². The van der Waals surface area contributed by atoms with Gasteiger partial charge >= 0.3 is 0 Å². The van der Waals surface area contributed by atoms with E-state index in [2.05, 4.69) is 15.2 Å². The summed E-state index contributed by atoms with van der Waals surface area (Å²) in [6.07, 6.45) is 7.36. The van der Waals surface area contributed by atoms with Crippen LogP contribution in [0.25, 0.3) is 21.7 Å². The van der Waals surface area contributed by atoms with Gasteiger partial charge in [0.2, 0.25) is 0 Å². The van der Waals surface area contributed by atoms with Crippen molar-refractivity contribution in [1.29, 1.82) is 0 Å². The first-order valence-corrected chi connectivity index (χ1v) is 14.2. The zero-order valence-corrected chi connectivity index (χ0v) is 22.1. The molecule has 1 saturated heterocycles. The first kappa shape index (κ1) is 24.1. The summed E-state index contributed by atoms with van der Waals surface area (Å²) in [5, 5.41) is 7.36. The number of ether oxygens (including phenoxy) is 1. The lowest BCUT2D eigenvalue weighted by Crippen LogP contribution is -2.33. The van der Waals surface area contributed by atoms with Gasteiger partial charge in [-0.05, 0) is 55.5 Å². The van der Waals surface area contributed by atoms with E-state index in [0.717, 1.165) is 64.5 Å². The van der Waals surface area contributed by atoms with Crippen LogP contribution in [-0.4, -0.2) is 53.0 Å². The van der Waals surface area contributed by atoms with Crippen LogP contribution in [0.2, 0.25) is 0 Å². The van der Waals surface area contributed by atoms with Crippen molar-refractivity contribution in [2.24, 2.45) is 10.9 Å². The molecule has 0 spiro atoms. The minimum atomic E-state index is -0.226. The number of carbonyl (C=O) groups excluding carboxylic acids is 2. The normalized spacial score (nSPS) is 18.7. The van der Waals surface area contributed by atoms with Gasteiger partial charge in [-0.3, -0.25) is 14.7 Å². The molecule has 0 bridgehead atoms. The predicted octanol–water partition coefficient (Wildman–Crippen LogP) is 5.53. The molecule has 8 nitrogen and oxygen atoms in total. The molecular weight excluding hydrogens is 510 g/mol. The van der Waals surface area contributed by atoms with E-state index >= 15 is 0 Å². The Morgan fingerprint density at radius 1 is 1.10 bits per heavy atom. The second-order valence-corrected chi connectivity index (χ2v) is 11.3. The highest BCUT2D eigenvalue weighted by Crippen LogP contribution is 2.44. The van der Waals surface area contributed by atoms with Gasteiger partial charge in [0.1, 0.15) is 5.69 Å². The second-order valence-electron chi connectivity index (χ2n) is 10.3. The molecule has 2 amide bonds. The Hall–Kier alpha value is -3.95. The molecule has 1 aromatic carbocycles.